The van der Waals surface area contributed by atoms with Gasteiger partial charge in [0.15, 0.2) is 0 Å². The van der Waals surface area contributed by atoms with Crippen molar-refractivity contribution in [3.05, 3.63) is 41.5 Å². The lowest BCUT2D eigenvalue weighted by atomic mass is 10.1. The summed E-state index contributed by atoms with van der Waals surface area (Å²) in [6, 6.07) is 5.87. The van der Waals surface area contributed by atoms with Crippen LogP contribution < -0.4 is 4.74 Å². The van der Waals surface area contributed by atoms with Gasteiger partial charge in [-0.05, 0) is 51.0 Å². The van der Waals surface area contributed by atoms with Crippen LogP contribution in [0.1, 0.15) is 24.2 Å². The molecule has 0 saturated carbocycles. The number of hydrogen-bond acceptors (Lipinski definition) is 4. The second-order valence-corrected chi connectivity index (χ2v) is 8.17. The van der Waals surface area contributed by atoms with Crippen LogP contribution in [0, 0.1) is 19.7 Å². The van der Waals surface area contributed by atoms with Crippen LogP contribution in [-0.2, 0) is 17.1 Å². The Hall–Kier alpha value is -1.93. The molecule has 6 nitrogen and oxygen atoms in total. The molecule has 2 aromatic rings. The highest BCUT2D eigenvalue weighted by molar-refractivity contribution is 7.89. The number of aryl methyl sites for hydroxylation is 2. The van der Waals surface area contributed by atoms with Gasteiger partial charge in [-0.1, -0.05) is 0 Å². The van der Waals surface area contributed by atoms with Crippen molar-refractivity contribution in [2.45, 2.75) is 37.7 Å². The summed E-state index contributed by atoms with van der Waals surface area (Å²) in [5, 5.41) is 4.21. The van der Waals surface area contributed by atoms with Crippen molar-refractivity contribution in [1.29, 1.82) is 0 Å². The standard InChI is InChI=1S/C17H22FN3O3S/c1-12-17(13(2)20(3)19-12)25(22,23)21-10-8-16(9-11-21)24-15-6-4-14(18)5-7-15/h4-7,16H,8-11H2,1-3H3. The van der Waals surface area contributed by atoms with Gasteiger partial charge in [0.25, 0.3) is 0 Å². The fourth-order valence-electron chi connectivity index (χ4n) is 3.15. The van der Waals surface area contributed by atoms with Crippen molar-refractivity contribution in [3.63, 3.8) is 0 Å². The fourth-order valence-corrected chi connectivity index (χ4v) is 5.02. The quantitative estimate of drug-likeness (QED) is 0.832. The Morgan fingerprint density at radius 1 is 1.16 bits per heavy atom. The number of aromatic nitrogens is 2. The van der Waals surface area contributed by atoms with Crippen LogP contribution >= 0.6 is 0 Å². The minimum absolute atomic E-state index is 0.0759. The smallest absolute Gasteiger partial charge is 0.246 e. The van der Waals surface area contributed by atoms with E-state index in [2.05, 4.69) is 5.10 Å². The molecule has 0 unspecified atom stereocenters. The van der Waals surface area contributed by atoms with Crippen LogP contribution in [0.25, 0.3) is 0 Å². The monoisotopic (exact) mass is 367 g/mol. The summed E-state index contributed by atoms with van der Waals surface area (Å²) >= 11 is 0. The van der Waals surface area contributed by atoms with Gasteiger partial charge in [-0.25, -0.2) is 12.8 Å². The Labute approximate surface area is 147 Å². The van der Waals surface area contributed by atoms with E-state index in [1.807, 2.05) is 0 Å². The van der Waals surface area contributed by atoms with E-state index in [1.54, 1.807) is 37.7 Å². The summed E-state index contributed by atoms with van der Waals surface area (Å²) in [6.07, 6.45) is 1.11. The lowest BCUT2D eigenvalue weighted by Gasteiger charge is -2.31. The van der Waals surface area contributed by atoms with Gasteiger partial charge in [0.05, 0.1) is 11.4 Å². The summed E-state index contributed by atoms with van der Waals surface area (Å²) in [5.74, 6) is 0.289. The maximum absolute atomic E-state index is 12.9. The summed E-state index contributed by atoms with van der Waals surface area (Å²) in [6.45, 7) is 4.26. The molecular weight excluding hydrogens is 345 g/mol. The Morgan fingerprint density at radius 2 is 1.76 bits per heavy atom. The Balaban J connectivity index is 1.68. The topological polar surface area (TPSA) is 64.4 Å². The third-order valence-corrected chi connectivity index (χ3v) is 6.71. The van der Waals surface area contributed by atoms with E-state index in [1.165, 1.54) is 16.4 Å². The molecule has 0 N–H and O–H groups in total. The number of benzene rings is 1. The molecule has 0 spiro atoms. The number of halogens is 1. The number of sulfonamides is 1. The van der Waals surface area contributed by atoms with E-state index in [9.17, 15) is 12.8 Å². The van der Waals surface area contributed by atoms with Gasteiger partial charge in [-0.2, -0.15) is 9.40 Å². The molecular formula is C17H22FN3O3S. The van der Waals surface area contributed by atoms with Crippen molar-refractivity contribution in [2.24, 2.45) is 7.05 Å². The molecule has 0 radical (unpaired) electrons. The first-order chi connectivity index (χ1) is 11.8. The number of ether oxygens (including phenoxy) is 1. The van der Waals surface area contributed by atoms with Crippen molar-refractivity contribution < 1.29 is 17.5 Å². The van der Waals surface area contributed by atoms with Crippen molar-refractivity contribution >= 4 is 10.0 Å². The first-order valence-electron chi connectivity index (χ1n) is 8.21. The fraction of sp³-hybridized carbons (Fsp3) is 0.471. The molecule has 2 heterocycles. The Bertz CT molecular complexity index is 854. The normalized spacial score (nSPS) is 17.0. The van der Waals surface area contributed by atoms with Crippen LogP contribution in [0.2, 0.25) is 0 Å². The summed E-state index contributed by atoms with van der Waals surface area (Å²) in [5.41, 5.74) is 1.16. The number of piperidine rings is 1. The third kappa shape index (κ3) is 3.55. The minimum Gasteiger partial charge on any atom is -0.490 e. The Kier molecular flexibility index (Phi) is 4.83. The average Bonchev–Trinajstić information content (AvgIpc) is 2.83. The van der Waals surface area contributed by atoms with Gasteiger partial charge in [-0.15, -0.1) is 0 Å². The average molecular weight is 367 g/mol. The molecule has 0 atom stereocenters. The van der Waals surface area contributed by atoms with Crippen LogP contribution in [0.4, 0.5) is 4.39 Å². The molecule has 0 amide bonds. The largest absolute Gasteiger partial charge is 0.490 e. The maximum atomic E-state index is 12.9. The predicted molar refractivity (Wildman–Crippen MR) is 91.5 cm³/mol. The van der Waals surface area contributed by atoms with Gasteiger partial charge >= 0.3 is 0 Å². The van der Waals surface area contributed by atoms with E-state index >= 15 is 0 Å². The van der Waals surface area contributed by atoms with Crippen LogP contribution in [0.3, 0.4) is 0 Å². The lowest BCUT2D eigenvalue weighted by molar-refractivity contribution is 0.135. The summed E-state index contributed by atoms with van der Waals surface area (Å²) in [4.78, 5) is 0.299. The number of rotatable bonds is 4. The Morgan fingerprint density at radius 3 is 2.28 bits per heavy atom. The molecule has 3 rings (SSSR count). The van der Waals surface area contributed by atoms with Crippen molar-refractivity contribution in [2.75, 3.05) is 13.1 Å². The second kappa shape index (κ2) is 6.76. The van der Waals surface area contributed by atoms with Gasteiger partial charge in [0, 0.05) is 20.1 Å². The van der Waals surface area contributed by atoms with E-state index in [0.717, 1.165) is 0 Å². The van der Waals surface area contributed by atoms with Crippen molar-refractivity contribution in [1.82, 2.24) is 14.1 Å². The van der Waals surface area contributed by atoms with Gasteiger partial charge in [0.1, 0.15) is 22.6 Å². The molecule has 1 aromatic heterocycles. The predicted octanol–water partition coefficient (Wildman–Crippen LogP) is 2.41. The molecule has 1 aliphatic heterocycles. The van der Waals surface area contributed by atoms with Gasteiger partial charge in [0.2, 0.25) is 10.0 Å². The molecule has 0 aliphatic carbocycles. The molecule has 1 fully saturated rings. The van der Waals surface area contributed by atoms with E-state index < -0.39 is 10.0 Å². The summed E-state index contributed by atoms with van der Waals surface area (Å²) < 4.78 is 47.7. The molecule has 1 aliphatic rings. The van der Waals surface area contributed by atoms with Crippen LogP contribution in [0.5, 0.6) is 5.75 Å². The number of nitrogens with zero attached hydrogens (tertiary/aromatic N) is 3. The molecule has 8 heteroatoms. The SMILES string of the molecule is Cc1nn(C)c(C)c1S(=O)(=O)N1CCC(Oc2ccc(F)cc2)CC1. The number of hydrogen-bond donors (Lipinski definition) is 0. The molecule has 0 bridgehead atoms. The van der Waals surface area contributed by atoms with Crippen molar-refractivity contribution in [3.8, 4) is 5.75 Å². The van der Waals surface area contributed by atoms with E-state index in [4.69, 9.17) is 4.74 Å². The lowest BCUT2D eigenvalue weighted by Crippen LogP contribution is -2.42. The molecule has 136 valence electrons. The zero-order valence-corrected chi connectivity index (χ0v) is 15.4. The minimum atomic E-state index is -3.56. The highest BCUT2D eigenvalue weighted by atomic mass is 32.2. The first-order valence-corrected chi connectivity index (χ1v) is 9.65. The highest BCUT2D eigenvalue weighted by Crippen LogP contribution is 2.27. The zero-order valence-electron chi connectivity index (χ0n) is 14.6. The van der Waals surface area contributed by atoms with Crippen LogP contribution in [0.15, 0.2) is 29.2 Å². The highest BCUT2D eigenvalue weighted by Gasteiger charge is 2.33. The van der Waals surface area contributed by atoms with Crippen LogP contribution in [-0.4, -0.2) is 41.7 Å². The van der Waals surface area contributed by atoms with E-state index in [-0.39, 0.29) is 11.9 Å². The summed E-state index contributed by atoms with van der Waals surface area (Å²) in [7, 11) is -1.82. The molecule has 1 saturated heterocycles. The molecule has 25 heavy (non-hydrogen) atoms. The van der Waals surface area contributed by atoms with E-state index in [0.29, 0.717) is 48.0 Å². The molecule has 1 aromatic carbocycles. The third-order valence-electron chi connectivity index (χ3n) is 4.56. The zero-order chi connectivity index (χ0) is 18.2. The maximum Gasteiger partial charge on any atom is 0.246 e. The first kappa shape index (κ1) is 17.9. The van der Waals surface area contributed by atoms with Gasteiger partial charge in [-0.3, -0.25) is 4.68 Å². The second-order valence-electron chi connectivity index (χ2n) is 6.30. The van der Waals surface area contributed by atoms with Gasteiger partial charge < -0.3 is 4.74 Å².